The molecule has 2 rings (SSSR count). The fourth-order valence-corrected chi connectivity index (χ4v) is 3.03. The Kier molecular flexibility index (Phi) is 4.40. The van der Waals surface area contributed by atoms with Crippen LogP contribution in [-0.2, 0) is 10.0 Å². The Hall–Kier alpha value is -1.77. The van der Waals surface area contributed by atoms with Gasteiger partial charge < -0.3 is 5.73 Å². The molecule has 0 fully saturated rings. The molecule has 0 unspecified atom stereocenters. The quantitative estimate of drug-likeness (QED) is 0.860. The standard InChI is InChI=1S/C13H17FN4O2S/c1-9-7-16-18(8-9)13-4-3-11(5-12(13)14)21(19,20)17-10(2)6-15/h3-5,7-8,10,17H,6,15H2,1-2H3/t10-/m0/s1. The van der Waals surface area contributed by atoms with Gasteiger partial charge in [0, 0.05) is 18.8 Å². The number of hydrogen-bond donors (Lipinski definition) is 2. The van der Waals surface area contributed by atoms with Gasteiger partial charge in [-0.1, -0.05) is 0 Å². The third-order valence-corrected chi connectivity index (χ3v) is 4.49. The third-order valence-electron chi connectivity index (χ3n) is 2.90. The van der Waals surface area contributed by atoms with Gasteiger partial charge in [-0.25, -0.2) is 22.2 Å². The second-order valence-corrected chi connectivity index (χ2v) is 6.55. The smallest absolute Gasteiger partial charge is 0.240 e. The topological polar surface area (TPSA) is 90.0 Å². The zero-order chi connectivity index (χ0) is 15.6. The first-order chi connectivity index (χ1) is 9.83. The molecule has 0 aliphatic heterocycles. The minimum absolute atomic E-state index is 0.145. The summed E-state index contributed by atoms with van der Waals surface area (Å²) < 4.78 is 41.9. The van der Waals surface area contributed by atoms with Crippen molar-refractivity contribution in [3.05, 3.63) is 42.0 Å². The molecule has 0 bridgehead atoms. The van der Waals surface area contributed by atoms with Crippen molar-refractivity contribution in [2.45, 2.75) is 24.8 Å². The van der Waals surface area contributed by atoms with Gasteiger partial charge in [0.1, 0.15) is 11.5 Å². The molecule has 0 radical (unpaired) electrons. The highest BCUT2D eigenvalue weighted by molar-refractivity contribution is 7.89. The van der Waals surface area contributed by atoms with E-state index in [1.54, 1.807) is 19.3 Å². The summed E-state index contributed by atoms with van der Waals surface area (Å²) in [6.07, 6.45) is 3.25. The fraction of sp³-hybridized carbons (Fsp3) is 0.308. The SMILES string of the molecule is Cc1cnn(-c2ccc(S(=O)(=O)N[C@@H](C)CN)cc2F)c1. The maximum absolute atomic E-state index is 14.1. The number of benzene rings is 1. The van der Waals surface area contributed by atoms with E-state index in [2.05, 4.69) is 9.82 Å². The molecule has 21 heavy (non-hydrogen) atoms. The first-order valence-electron chi connectivity index (χ1n) is 6.37. The number of aryl methyl sites for hydroxylation is 1. The molecule has 0 aliphatic rings. The lowest BCUT2D eigenvalue weighted by molar-refractivity contribution is 0.559. The second kappa shape index (κ2) is 5.92. The zero-order valence-corrected chi connectivity index (χ0v) is 12.6. The summed E-state index contributed by atoms with van der Waals surface area (Å²) in [6.45, 7) is 3.62. The van der Waals surface area contributed by atoms with Crippen LogP contribution in [0.3, 0.4) is 0 Å². The summed E-state index contributed by atoms with van der Waals surface area (Å²) >= 11 is 0. The van der Waals surface area contributed by atoms with Crippen molar-refractivity contribution in [1.29, 1.82) is 0 Å². The van der Waals surface area contributed by atoms with Gasteiger partial charge in [-0.05, 0) is 37.6 Å². The Bertz CT molecular complexity index is 742. The van der Waals surface area contributed by atoms with Gasteiger partial charge >= 0.3 is 0 Å². The van der Waals surface area contributed by atoms with Crippen LogP contribution in [0.25, 0.3) is 5.69 Å². The van der Waals surface area contributed by atoms with Gasteiger partial charge in [-0.3, -0.25) is 0 Å². The third kappa shape index (κ3) is 3.46. The molecule has 1 aromatic heterocycles. The number of nitrogens with two attached hydrogens (primary N) is 1. The molecule has 3 N–H and O–H groups in total. The van der Waals surface area contributed by atoms with E-state index in [0.29, 0.717) is 0 Å². The van der Waals surface area contributed by atoms with E-state index in [1.807, 2.05) is 6.92 Å². The fourth-order valence-electron chi connectivity index (χ4n) is 1.77. The molecule has 0 aliphatic carbocycles. The summed E-state index contributed by atoms with van der Waals surface area (Å²) in [5.41, 5.74) is 6.45. The van der Waals surface area contributed by atoms with Gasteiger partial charge in [0.15, 0.2) is 0 Å². The predicted molar refractivity (Wildman–Crippen MR) is 77.1 cm³/mol. The van der Waals surface area contributed by atoms with E-state index in [4.69, 9.17) is 5.73 Å². The lowest BCUT2D eigenvalue weighted by Gasteiger charge is -2.12. The monoisotopic (exact) mass is 312 g/mol. The van der Waals surface area contributed by atoms with E-state index in [1.165, 1.54) is 16.8 Å². The largest absolute Gasteiger partial charge is 0.329 e. The molecule has 1 atom stereocenters. The molecular weight excluding hydrogens is 295 g/mol. The number of sulfonamides is 1. The molecule has 1 aromatic carbocycles. The lowest BCUT2D eigenvalue weighted by Crippen LogP contribution is -2.37. The van der Waals surface area contributed by atoms with Crippen LogP contribution in [0.15, 0.2) is 35.5 Å². The number of halogens is 1. The average Bonchev–Trinajstić information content (AvgIpc) is 2.84. The normalized spacial score (nSPS) is 13.3. The van der Waals surface area contributed by atoms with Gasteiger partial charge in [0.2, 0.25) is 10.0 Å². The van der Waals surface area contributed by atoms with Gasteiger partial charge in [0.25, 0.3) is 0 Å². The summed E-state index contributed by atoms with van der Waals surface area (Å²) in [4.78, 5) is -0.145. The molecule has 114 valence electrons. The van der Waals surface area contributed by atoms with Crippen LogP contribution in [0.1, 0.15) is 12.5 Å². The Morgan fingerprint density at radius 2 is 2.19 bits per heavy atom. The van der Waals surface area contributed by atoms with Gasteiger partial charge in [0.05, 0.1) is 11.1 Å². The number of aromatic nitrogens is 2. The second-order valence-electron chi connectivity index (χ2n) is 4.83. The van der Waals surface area contributed by atoms with Crippen LogP contribution in [0.4, 0.5) is 4.39 Å². The first kappa shape index (κ1) is 15.6. The van der Waals surface area contributed by atoms with E-state index < -0.39 is 21.9 Å². The molecule has 0 spiro atoms. The Labute approximate surface area is 122 Å². The van der Waals surface area contributed by atoms with E-state index in [9.17, 15) is 12.8 Å². The number of nitrogens with one attached hydrogen (secondary N) is 1. The van der Waals surface area contributed by atoms with E-state index >= 15 is 0 Å². The van der Waals surface area contributed by atoms with Gasteiger partial charge in [-0.15, -0.1) is 0 Å². The van der Waals surface area contributed by atoms with Crippen molar-refractivity contribution in [2.24, 2.45) is 5.73 Å². The summed E-state index contributed by atoms with van der Waals surface area (Å²) in [6, 6.07) is 3.26. The van der Waals surface area contributed by atoms with Crippen LogP contribution in [0, 0.1) is 12.7 Å². The van der Waals surface area contributed by atoms with Crippen LogP contribution in [0.2, 0.25) is 0 Å². The van der Waals surface area contributed by atoms with Crippen molar-refractivity contribution in [3.63, 3.8) is 0 Å². The van der Waals surface area contributed by atoms with Crippen LogP contribution < -0.4 is 10.5 Å². The highest BCUT2D eigenvalue weighted by Gasteiger charge is 2.19. The number of rotatable bonds is 5. The van der Waals surface area contributed by atoms with Crippen LogP contribution >= 0.6 is 0 Å². The van der Waals surface area contributed by atoms with Crippen LogP contribution in [-0.4, -0.2) is 30.8 Å². The molecule has 0 amide bonds. The average molecular weight is 312 g/mol. The number of nitrogens with zero attached hydrogens (tertiary/aromatic N) is 2. The molecule has 1 heterocycles. The van der Waals surface area contributed by atoms with Crippen molar-refractivity contribution in [2.75, 3.05) is 6.54 Å². The minimum Gasteiger partial charge on any atom is -0.329 e. The van der Waals surface area contributed by atoms with Crippen LogP contribution in [0.5, 0.6) is 0 Å². The lowest BCUT2D eigenvalue weighted by atomic mass is 10.3. The molecule has 6 nitrogen and oxygen atoms in total. The highest BCUT2D eigenvalue weighted by Crippen LogP contribution is 2.18. The highest BCUT2D eigenvalue weighted by atomic mass is 32.2. The summed E-state index contributed by atoms with van der Waals surface area (Å²) in [5, 5.41) is 4.00. The molecule has 0 saturated carbocycles. The van der Waals surface area contributed by atoms with Crippen molar-refractivity contribution >= 4 is 10.0 Å². The maximum atomic E-state index is 14.1. The summed E-state index contributed by atoms with van der Waals surface area (Å²) in [7, 11) is -3.79. The maximum Gasteiger partial charge on any atom is 0.240 e. The minimum atomic E-state index is -3.79. The molecule has 8 heteroatoms. The Morgan fingerprint density at radius 3 is 2.71 bits per heavy atom. The predicted octanol–water partition coefficient (Wildman–Crippen LogP) is 0.945. The zero-order valence-electron chi connectivity index (χ0n) is 11.7. The Balaban J connectivity index is 2.35. The molecular formula is C13H17FN4O2S. The van der Waals surface area contributed by atoms with Crippen molar-refractivity contribution in [1.82, 2.24) is 14.5 Å². The molecule has 0 saturated heterocycles. The first-order valence-corrected chi connectivity index (χ1v) is 7.85. The number of hydrogen-bond acceptors (Lipinski definition) is 4. The van der Waals surface area contributed by atoms with E-state index in [-0.39, 0.29) is 17.1 Å². The molecule has 2 aromatic rings. The summed E-state index contributed by atoms with van der Waals surface area (Å²) in [5.74, 6) is -0.665. The van der Waals surface area contributed by atoms with Crippen molar-refractivity contribution in [3.8, 4) is 5.69 Å². The van der Waals surface area contributed by atoms with Gasteiger partial charge in [-0.2, -0.15) is 5.10 Å². The Morgan fingerprint density at radius 1 is 1.48 bits per heavy atom. The van der Waals surface area contributed by atoms with Crippen molar-refractivity contribution < 1.29 is 12.8 Å². The van der Waals surface area contributed by atoms with E-state index in [0.717, 1.165) is 11.6 Å².